The summed E-state index contributed by atoms with van der Waals surface area (Å²) in [4.78, 5) is 23.6. The summed E-state index contributed by atoms with van der Waals surface area (Å²) in [6, 6.07) is 8.65. The van der Waals surface area contributed by atoms with Crippen LogP contribution in [0, 0.1) is 0 Å². The van der Waals surface area contributed by atoms with Gasteiger partial charge in [0, 0.05) is 18.8 Å². The van der Waals surface area contributed by atoms with Crippen molar-refractivity contribution in [2.24, 2.45) is 0 Å². The molecule has 9 nitrogen and oxygen atoms in total. The molecular weight excluding hydrogens is 372 g/mol. The van der Waals surface area contributed by atoms with E-state index in [1.165, 1.54) is 33.4 Å². The minimum Gasteiger partial charge on any atom is -0.480 e. The molecule has 0 spiro atoms. The summed E-state index contributed by atoms with van der Waals surface area (Å²) in [5.41, 5.74) is 0. The Hall–Kier alpha value is -2.72. The average molecular weight is 392 g/mol. The van der Waals surface area contributed by atoms with Crippen LogP contribution in [-0.2, 0) is 26.2 Å². The van der Waals surface area contributed by atoms with Gasteiger partial charge in [0.1, 0.15) is 12.6 Å². The Labute approximate surface area is 156 Å². The zero-order valence-corrected chi connectivity index (χ0v) is 15.3. The molecule has 2 heterocycles. The van der Waals surface area contributed by atoms with Gasteiger partial charge in [0.2, 0.25) is 15.9 Å². The number of nitrogens with one attached hydrogen (secondary N) is 1. The van der Waals surface area contributed by atoms with Crippen LogP contribution in [0.5, 0.6) is 0 Å². The molecule has 0 bridgehead atoms. The van der Waals surface area contributed by atoms with Crippen LogP contribution in [0.2, 0.25) is 0 Å². The number of hydrogen-bond donors (Lipinski definition) is 2. The van der Waals surface area contributed by atoms with E-state index in [4.69, 9.17) is 5.11 Å². The maximum Gasteiger partial charge on any atom is 0.325 e. The third-order valence-electron chi connectivity index (χ3n) is 4.30. The van der Waals surface area contributed by atoms with Crippen LogP contribution in [-0.4, -0.2) is 52.1 Å². The van der Waals surface area contributed by atoms with Gasteiger partial charge < -0.3 is 10.4 Å². The number of amides is 1. The van der Waals surface area contributed by atoms with E-state index >= 15 is 0 Å². The number of aromatic nitrogens is 2. The summed E-state index contributed by atoms with van der Waals surface area (Å²) in [5, 5.41) is 15.3. The van der Waals surface area contributed by atoms with E-state index < -0.39 is 27.9 Å². The molecule has 1 unspecified atom stereocenters. The Morgan fingerprint density at radius 3 is 2.63 bits per heavy atom. The molecule has 1 aliphatic rings. The number of carbonyl (C=O) groups is 2. The monoisotopic (exact) mass is 392 g/mol. The first kappa shape index (κ1) is 19.1. The molecule has 1 aliphatic heterocycles. The van der Waals surface area contributed by atoms with Gasteiger partial charge in [0.25, 0.3) is 0 Å². The van der Waals surface area contributed by atoms with Crippen LogP contribution >= 0.6 is 0 Å². The average Bonchev–Trinajstić information content (AvgIpc) is 3.08. The van der Waals surface area contributed by atoms with Gasteiger partial charge in [-0.3, -0.25) is 14.3 Å². The molecule has 3 rings (SSSR count). The van der Waals surface area contributed by atoms with Crippen LogP contribution in [0.4, 0.5) is 5.82 Å². The third-order valence-corrected chi connectivity index (χ3v) is 6.22. The molecule has 2 N–H and O–H groups in total. The summed E-state index contributed by atoms with van der Waals surface area (Å²) >= 11 is 0. The van der Waals surface area contributed by atoms with Crippen molar-refractivity contribution in [1.29, 1.82) is 0 Å². The fourth-order valence-corrected chi connectivity index (χ4v) is 4.72. The third kappa shape index (κ3) is 4.34. The van der Waals surface area contributed by atoms with Gasteiger partial charge in [0.15, 0.2) is 5.82 Å². The van der Waals surface area contributed by atoms with Crippen molar-refractivity contribution in [2.75, 3.05) is 11.9 Å². The molecular formula is C17H20N4O5S. The Kier molecular flexibility index (Phi) is 5.57. The number of anilines is 1. The molecule has 1 aromatic carbocycles. The second kappa shape index (κ2) is 7.89. The minimum absolute atomic E-state index is 0.149. The number of benzene rings is 1. The van der Waals surface area contributed by atoms with Crippen LogP contribution < -0.4 is 5.32 Å². The number of aliphatic carboxylic acids is 1. The van der Waals surface area contributed by atoms with Gasteiger partial charge in [-0.1, -0.05) is 24.6 Å². The zero-order chi connectivity index (χ0) is 19.4. The topological polar surface area (TPSA) is 122 Å². The van der Waals surface area contributed by atoms with Gasteiger partial charge in [-0.05, 0) is 25.0 Å². The summed E-state index contributed by atoms with van der Waals surface area (Å²) in [7, 11) is -3.79. The Bertz CT molecular complexity index is 926. The molecule has 1 aromatic heterocycles. The van der Waals surface area contributed by atoms with Crippen molar-refractivity contribution in [3.05, 3.63) is 42.6 Å². The standard InChI is InChI=1S/C17H20N4O5S/c22-16(23)12-20-11-9-15(19-20)18-17(24)14-8-4-5-10-21(14)27(25,26)13-6-2-1-3-7-13/h1-3,6-7,9,11,14H,4-5,8,10,12H2,(H,22,23)(H,18,19,24). The highest BCUT2D eigenvalue weighted by Gasteiger charge is 2.37. The molecule has 1 fully saturated rings. The van der Waals surface area contributed by atoms with Crippen molar-refractivity contribution < 1.29 is 23.1 Å². The highest BCUT2D eigenvalue weighted by atomic mass is 32.2. The number of carbonyl (C=O) groups excluding carboxylic acids is 1. The Morgan fingerprint density at radius 2 is 1.93 bits per heavy atom. The van der Waals surface area contributed by atoms with E-state index in [-0.39, 0.29) is 23.8 Å². The first-order chi connectivity index (χ1) is 12.9. The molecule has 2 aromatic rings. The molecule has 1 saturated heterocycles. The highest BCUT2D eigenvalue weighted by Crippen LogP contribution is 2.26. The fourth-order valence-electron chi connectivity index (χ4n) is 3.05. The smallest absolute Gasteiger partial charge is 0.325 e. The molecule has 0 radical (unpaired) electrons. The number of nitrogens with zero attached hydrogens (tertiary/aromatic N) is 3. The molecule has 10 heteroatoms. The molecule has 0 aliphatic carbocycles. The second-order valence-corrected chi connectivity index (χ2v) is 8.11. The van der Waals surface area contributed by atoms with E-state index in [1.54, 1.807) is 18.2 Å². The van der Waals surface area contributed by atoms with Gasteiger partial charge in [-0.25, -0.2) is 8.42 Å². The molecule has 1 amide bonds. The maximum atomic E-state index is 12.9. The maximum absolute atomic E-state index is 12.9. The number of hydrogen-bond acceptors (Lipinski definition) is 5. The van der Waals surface area contributed by atoms with Gasteiger partial charge in [0.05, 0.1) is 4.90 Å². The van der Waals surface area contributed by atoms with Crippen LogP contribution in [0.1, 0.15) is 19.3 Å². The van der Waals surface area contributed by atoms with Crippen molar-refractivity contribution >= 4 is 27.7 Å². The first-order valence-corrected chi connectivity index (χ1v) is 9.95. The fraction of sp³-hybridized carbons (Fsp3) is 0.353. The normalized spacial score (nSPS) is 18.1. The summed E-state index contributed by atoms with van der Waals surface area (Å²) in [6.45, 7) is -0.0589. The first-order valence-electron chi connectivity index (χ1n) is 8.51. The second-order valence-electron chi connectivity index (χ2n) is 6.22. The molecule has 27 heavy (non-hydrogen) atoms. The number of rotatable bonds is 6. The number of carboxylic acid groups (broad SMARTS) is 1. The summed E-state index contributed by atoms with van der Waals surface area (Å²) in [5.74, 6) is -1.35. The number of piperidine rings is 1. The lowest BCUT2D eigenvalue weighted by atomic mass is 10.0. The molecule has 0 saturated carbocycles. The molecule has 144 valence electrons. The quantitative estimate of drug-likeness (QED) is 0.760. The zero-order valence-electron chi connectivity index (χ0n) is 14.5. The number of carboxylic acids is 1. The van der Waals surface area contributed by atoms with Gasteiger partial charge in [-0.2, -0.15) is 9.40 Å². The van der Waals surface area contributed by atoms with E-state index in [9.17, 15) is 18.0 Å². The molecule has 1 atom stereocenters. The predicted octanol–water partition coefficient (Wildman–Crippen LogP) is 1.15. The van der Waals surface area contributed by atoms with Crippen molar-refractivity contribution in [2.45, 2.75) is 36.7 Å². The van der Waals surface area contributed by atoms with Crippen molar-refractivity contribution in [1.82, 2.24) is 14.1 Å². The summed E-state index contributed by atoms with van der Waals surface area (Å²) < 4.78 is 28.3. The van der Waals surface area contributed by atoms with E-state index in [0.717, 1.165) is 6.42 Å². The Balaban J connectivity index is 1.78. The van der Waals surface area contributed by atoms with Crippen LogP contribution in [0.25, 0.3) is 0 Å². The van der Waals surface area contributed by atoms with E-state index in [0.29, 0.717) is 12.8 Å². The minimum atomic E-state index is -3.79. The van der Waals surface area contributed by atoms with E-state index in [2.05, 4.69) is 10.4 Å². The predicted molar refractivity (Wildman–Crippen MR) is 96.5 cm³/mol. The van der Waals surface area contributed by atoms with E-state index in [1.807, 2.05) is 0 Å². The van der Waals surface area contributed by atoms with Crippen molar-refractivity contribution in [3.8, 4) is 0 Å². The lowest BCUT2D eigenvalue weighted by Gasteiger charge is -2.33. The highest BCUT2D eigenvalue weighted by molar-refractivity contribution is 7.89. The largest absolute Gasteiger partial charge is 0.480 e. The Morgan fingerprint density at radius 1 is 1.19 bits per heavy atom. The lowest BCUT2D eigenvalue weighted by molar-refractivity contribution is -0.137. The van der Waals surface area contributed by atoms with Crippen LogP contribution in [0.3, 0.4) is 0 Å². The lowest BCUT2D eigenvalue weighted by Crippen LogP contribution is -2.49. The van der Waals surface area contributed by atoms with Crippen molar-refractivity contribution in [3.63, 3.8) is 0 Å². The number of sulfonamides is 1. The van der Waals surface area contributed by atoms with Gasteiger partial charge in [-0.15, -0.1) is 0 Å². The van der Waals surface area contributed by atoms with Crippen LogP contribution in [0.15, 0.2) is 47.5 Å². The SMILES string of the molecule is O=C(O)Cn1ccc(NC(=O)C2CCCCN2S(=O)(=O)c2ccccc2)n1. The summed E-state index contributed by atoms with van der Waals surface area (Å²) in [6.07, 6.45) is 3.27. The van der Waals surface area contributed by atoms with Gasteiger partial charge >= 0.3 is 5.97 Å².